The molecule has 0 N–H and O–H groups in total. The molecule has 1 unspecified atom stereocenters. The molecule has 0 aliphatic heterocycles. The molecule has 0 saturated carbocycles. The Morgan fingerprint density at radius 2 is 2.35 bits per heavy atom. The molecule has 0 aliphatic rings. The van der Waals surface area contributed by atoms with Gasteiger partial charge in [-0.15, -0.1) is 0 Å². The summed E-state index contributed by atoms with van der Waals surface area (Å²) in [4.78, 5) is 21.2. The zero-order chi connectivity index (χ0) is 12.8. The van der Waals surface area contributed by atoms with E-state index in [1.165, 1.54) is 12.1 Å². The minimum Gasteiger partial charge on any atom is -0.454 e. The minimum atomic E-state index is -0.539. The minimum absolute atomic E-state index is 0.0180. The first-order valence-corrected chi connectivity index (χ1v) is 5.16. The summed E-state index contributed by atoms with van der Waals surface area (Å²) >= 11 is 0. The van der Waals surface area contributed by atoms with Gasteiger partial charge in [0.15, 0.2) is 0 Å². The lowest BCUT2D eigenvalue weighted by Gasteiger charge is -2.15. The van der Waals surface area contributed by atoms with E-state index in [9.17, 15) is 14.9 Å². The zero-order valence-corrected chi connectivity index (χ0v) is 9.46. The van der Waals surface area contributed by atoms with Gasteiger partial charge < -0.3 is 4.74 Å². The van der Waals surface area contributed by atoms with Gasteiger partial charge in [-0.25, -0.2) is 4.79 Å². The van der Waals surface area contributed by atoms with Crippen LogP contribution in [0.15, 0.2) is 36.9 Å². The van der Waals surface area contributed by atoms with E-state index < -0.39 is 17.0 Å². The maximum atomic E-state index is 11.1. The van der Waals surface area contributed by atoms with Crippen molar-refractivity contribution in [2.45, 2.75) is 19.4 Å². The number of carbonyl (C=O) groups is 1. The number of ether oxygens (including phenoxy) is 1. The van der Waals surface area contributed by atoms with Crippen molar-refractivity contribution in [3.8, 4) is 0 Å². The molecule has 0 aromatic heterocycles. The normalized spacial score (nSPS) is 11.6. The van der Waals surface area contributed by atoms with Crippen molar-refractivity contribution in [1.29, 1.82) is 0 Å². The maximum Gasteiger partial charge on any atom is 0.330 e. The average Bonchev–Trinajstić information content (AvgIpc) is 2.35. The Morgan fingerprint density at radius 3 is 2.88 bits per heavy atom. The molecule has 0 saturated heterocycles. The summed E-state index contributed by atoms with van der Waals surface area (Å²) in [5.41, 5.74) is 0.590. The summed E-state index contributed by atoms with van der Waals surface area (Å²) in [6, 6.07) is 6.06. The van der Waals surface area contributed by atoms with Crippen LogP contribution in [0.3, 0.4) is 0 Å². The first-order valence-electron chi connectivity index (χ1n) is 5.16. The van der Waals surface area contributed by atoms with Crippen molar-refractivity contribution >= 4 is 11.7 Å². The van der Waals surface area contributed by atoms with E-state index in [1.54, 1.807) is 12.1 Å². The fourth-order valence-corrected chi connectivity index (χ4v) is 1.41. The molecule has 0 aliphatic carbocycles. The van der Waals surface area contributed by atoms with Crippen molar-refractivity contribution in [3.63, 3.8) is 0 Å². The van der Waals surface area contributed by atoms with E-state index in [2.05, 4.69) is 6.58 Å². The fraction of sp³-hybridized carbons (Fsp3) is 0.250. The fourth-order valence-electron chi connectivity index (χ4n) is 1.41. The number of benzene rings is 1. The Balaban J connectivity index is 2.95. The molecule has 1 aromatic rings. The number of esters is 1. The number of hydrogen-bond acceptors (Lipinski definition) is 4. The van der Waals surface area contributed by atoms with Gasteiger partial charge in [-0.2, -0.15) is 0 Å². The quantitative estimate of drug-likeness (QED) is 0.340. The Kier molecular flexibility index (Phi) is 4.39. The summed E-state index contributed by atoms with van der Waals surface area (Å²) < 4.78 is 5.09. The van der Waals surface area contributed by atoms with Gasteiger partial charge in [-0.3, -0.25) is 10.1 Å². The van der Waals surface area contributed by atoms with Crippen LogP contribution in [0.2, 0.25) is 0 Å². The van der Waals surface area contributed by atoms with Gasteiger partial charge in [0.05, 0.1) is 4.92 Å². The molecule has 0 bridgehead atoms. The van der Waals surface area contributed by atoms with Crippen LogP contribution in [0.1, 0.15) is 25.0 Å². The molecule has 1 aromatic carbocycles. The highest BCUT2D eigenvalue weighted by Gasteiger charge is 2.16. The van der Waals surface area contributed by atoms with Crippen molar-refractivity contribution in [2.75, 3.05) is 0 Å². The van der Waals surface area contributed by atoms with Crippen LogP contribution in [0.5, 0.6) is 0 Å². The summed E-state index contributed by atoms with van der Waals surface area (Å²) in [5.74, 6) is -0.539. The second kappa shape index (κ2) is 5.79. The molecule has 17 heavy (non-hydrogen) atoms. The molecular weight excluding hydrogens is 222 g/mol. The van der Waals surface area contributed by atoms with E-state index >= 15 is 0 Å². The predicted octanol–water partition coefficient (Wildman–Crippen LogP) is 2.78. The summed E-state index contributed by atoms with van der Waals surface area (Å²) in [6.45, 7) is 5.14. The number of rotatable bonds is 5. The van der Waals surface area contributed by atoms with Gasteiger partial charge in [0.25, 0.3) is 5.69 Å². The molecule has 5 heteroatoms. The van der Waals surface area contributed by atoms with Crippen LogP contribution in [-0.4, -0.2) is 10.9 Å². The largest absolute Gasteiger partial charge is 0.454 e. The Hall–Kier alpha value is -2.17. The monoisotopic (exact) mass is 235 g/mol. The third-order valence-corrected chi connectivity index (χ3v) is 2.25. The Labute approximate surface area is 98.9 Å². The number of nitrogens with zero attached hydrogens (tertiary/aromatic N) is 1. The van der Waals surface area contributed by atoms with E-state index in [-0.39, 0.29) is 5.69 Å². The first-order chi connectivity index (χ1) is 8.08. The lowest BCUT2D eigenvalue weighted by atomic mass is 10.1. The van der Waals surface area contributed by atoms with Crippen LogP contribution in [0.4, 0.5) is 5.69 Å². The number of nitro groups is 1. The van der Waals surface area contributed by atoms with Crippen LogP contribution >= 0.6 is 0 Å². The molecule has 5 nitrogen and oxygen atoms in total. The van der Waals surface area contributed by atoms with Gasteiger partial charge >= 0.3 is 5.97 Å². The number of nitro benzene ring substituents is 1. The van der Waals surface area contributed by atoms with Gasteiger partial charge in [0.1, 0.15) is 6.10 Å². The topological polar surface area (TPSA) is 69.4 Å². The van der Waals surface area contributed by atoms with Crippen molar-refractivity contribution in [1.82, 2.24) is 0 Å². The number of carbonyl (C=O) groups excluding carboxylic acids is 1. The van der Waals surface area contributed by atoms with Crippen molar-refractivity contribution < 1.29 is 14.5 Å². The molecule has 0 fully saturated rings. The van der Waals surface area contributed by atoms with Crippen LogP contribution < -0.4 is 0 Å². The summed E-state index contributed by atoms with van der Waals surface area (Å²) in [7, 11) is 0. The highest BCUT2D eigenvalue weighted by Crippen LogP contribution is 2.24. The smallest absolute Gasteiger partial charge is 0.330 e. The molecule has 1 atom stereocenters. The summed E-state index contributed by atoms with van der Waals surface area (Å²) in [5, 5.41) is 10.6. The van der Waals surface area contributed by atoms with E-state index in [0.29, 0.717) is 12.0 Å². The first kappa shape index (κ1) is 12.9. The Bertz CT molecular complexity index is 442. The second-order valence-corrected chi connectivity index (χ2v) is 3.39. The van der Waals surface area contributed by atoms with E-state index in [1.807, 2.05) is 6.92 Å². The van der Waals surface area contributed by atoms with E-state index in [0.717, 1.165) is 6.08 Å². The third kappa shape index (κ3) is 3.41. The van der Waals surface area contributed by atoms with E-state index in [4.69, 9.17) is 4.74 Å². The standard InChI is InChI=1S/C12H13NO4/c1-3-11(17-12(14)4-2)9-6-5-7-10(8-9)13(15)16/h4-8,11H,2-3H2,1H3. The van der Waals surface area contributed by atoms with Crippen LogP contribution in [0, 0.1) is 10.1 Å². The van der Waals surface area contributed by atoms with Gasteiger partial charge in [-0.1, -0.05) is 25.6 Å². The second-order valence-electron chi connectivity index (χ2n) is 3.39. The van der Waals surface area contributed by atoms with Crippen molar-refractivity contribution in [2.24, 2.45) is 0 Å². The SMILES string of the molecule is C=CC(=O)OC(CC)c1cccc([N+](=O)[O-])c1. The molecule has 1 rings (SSSR count). The highest BCUT2D eigenvalue weighted by molar-refractivity contribution is 5.81. The molecule has 0 amide bonds. The van der Waals surface area contributed by atoms with Gasteiger partial charge in [0.2, 0.25) is 0 Å². The average molecular weight is 235 g/mol. The lowest BCUT2D eigenvalue weighted by molar-refractivity contribution is -0.385. The Morgan fingerprint density at radius 1 is 1.65 bits per heavy atom. The summed E-state index contributed by atoms with van der Waals surface area (Å²) in [6.07, 6.45) is 1.13. The molecule has 0 spiro atoms. The molecular formula is C12H13NO4. The van der Waals surface area contributed by atoms with Crippen molar-refractivity contribution in [3.05, 3.63) is 52.6 Å². The number of non-ortho nitro benzene ring substituents is 1. The molecule has 90 valence electrons. The number of hydrogen-bond donors (Lipinski definition) is 0. The maximum absolute atomic E-state index is 11.1. The predicted molar refractivity (Wildman–Crippen MR) is 62.4 cm³/mol. The van der Waals surface area contributed by atoms with Crippen LogP contribution in [0.25, 0.3) is 0 Å². The van der Waals surface area contributed by atoms with Gasteiger partial charge in [-0.05, 0) is 12.0 Å². The molecule has 0 heterocycles. The lowest BCUT2D eigenvalue weighted by Crippen LogP contribution is -2.08. The zero-order valence-electron chi connectivity index (χ0n) is 9.46. The van der Waals surface area contributed by atoms with Crippen LogP contribution in [-0.2, 0) is 9.53 Å². The third-order valence-electron chi connectivity index (χ3n) is 2.25. The van der Waals surface area contributed by atoms with Gasteiger partial charge in [0, 0.05) is 18.2 Å². The molecule has 0 radical (unpaired) electrons. The highest BCUT2D eigenvalue weighted by atomic mass is 16.6.